The van der Waals surface area contributed by atoms with Crippen molar-refractivity contribution in [2.24, 2.45) is 0 Å². The van der Waals surface area contributed by atoms with Gasteiger partial charge in [0.25, 0.3) is 0 Å². The Hall–Kier alpha value is -2.44. The third-order valence-corrected chi connectivity index (χ3v) is 5.93. The molecule has 0 aliphatic carbocycles. The molecule has 1 aromatic carbocycles. The lowest BCUT2D eigenvalue weighted by molar-refractivity contribution is -0.118. The van der Waals surface area contributed by atoms with Crippen LogP contribution in [0.2, 0.25) is 0 Å². The fourth-order valence-corrected chi connectivity index (χ4v) is 3.73. The molecule has 10 nitrogen and oxygen atoms in total. The first-order chi connectivity index (χ1) is 17.0. The zero-order valence-corrected chi connectivity index (χ0v) is 21.4. The number of amides is 1. The van der Waals surface area contributed by atoms with Crippen molar-refractivity contribution in [3.05, 3.63) is 51.6 Å². The van der Waals surface area contributed by atoms with E-state index in [0.717, 1.165) is 23.3 Å². The van der Waals surface area contributed by atoms with Gasteiger partial charge in [0.2, 0.25) is 5.91 Å². The minimum Gasteiger partial charge on any atom is -0.497 e. The maximum Gasteiger partial charge on any atom is 0.346 e. The number of hydrogen-bond acceptors (Lipinski definition) is 9. The van der Waals surface area contributed by atoms with Crippen LogP contribution in [0.3, 0.4) is 0 Å². The molecule has 0 aliphatic rings. The van der Waals surface area contributed by atoms with Crippen LogP contribution in [0.15, 0.2) is 34.1 Å². The van der Waals surface area contributed by atoms with Gasteiger partial charge in [-0.15, -0.1) is 0 Å². The number of rotatable bonds is 18. The maximum atomic E-state index is 12.3. The van der Waals surface area contributed by atoms with Crippen LogP contribution < -0.4 is 15.7 Å². The number of carbonyl (C=O) groups excluding carboxylic acids is 1. The second-order valence-electron chi connectivity index (χ2n) is 7.49. The second kappa shape index (κ2) is 17.1. The van der Waals surface area contributed by atoms with E-state index < -0.39 is 5.69 Å². The zero-order valence-electron chi connectivity index (χ0n) is 20.6. The lowest BCUT2D eigenvalue weighted by Gasteiger charge is -2.11. The molecular formula is C24H35N3O7S. The van der Waals surface area contributed by atoms with Crippen LogP contribution in [0, 0.1) is 6.92 Å². The van der Waals surface area contributed by atoms with Gasteiger partial charge < -0.3 is 34.0 Å². The zero-order chi connectivity index (χ0) is 25.3. The van der Waals surface area contributed by atoms with Gasteiger partial charge in [0.05, 0.1) is 51.6 Å². The molecule has 35 heavy (non-hydrogen) atoms. The number of thioether (sulfide) groups is 1. The summed E-state index contributed by atoms with van der Waals surface area (Å²) in [5, 5.41) is 3.38. The number of aromatic amines is 1. The molecule has 1 amide bonds. The first-order valence-corrected chi connectivity index (χ1v) is 12.4. The number of nitrogens with zero attached hydrogens (tertiary/aromatic N) is 1. The Morgan fingerprint density at radius 1 is 1.00 bits per heavy atom. The molecule has 194 valence electrons. The van der Waals surface area contributed by atoms with E-state index in [0.29, 0.717) is 56.9 Å². The normalized spacial score (nSPS) is 10.9. The van der Waals surface area contributed by atoms with E-state index in [-0.39, 0.29) is 18.3 Å². The SMILES string of the molecule is COCCOCCOCCCOCc1[nH]c(=O)nc(SCC(=O)NCc2ccc(OC)cc2)c1C. The Kier molecular flexibility index (Phi) is 14.0. The summed E-state index contributed by atoms with van der Waals surface area (Å²) in [6.45, 7) is 5.75. The van der Waals surface area contributed by atoms with Gasteiger partial charge in [-0.1, -0.05) is 23.9 Å². The molecule has 1 heterocycles. The molecular weight excluding hydrogens is 474 g/mol. The van der Waals surface area contributed by atoms with E-state index in [1.807, 2.05) is 31.2 Å². The third-order valence-electron chi connectivity index (χ3n) is 4.85. The van der Waals surface area contributed by atoms with Gasteiger partial charge in [-0.25, -0.2) is 4.79 Å². The summed E-state index contributed by atoms with van der Waals surface area (Å²) in [6, 6.07) is 7.48. The Morgan fingerprint density at radius 2 is 1.69 bits per heavy atom. The summed E-state index contributed by atoms with van der Waals surface area (Å²) in [7, 11) is 3.24. The molecule has 0 atom stereocenters. The van der Waals surface area contributed by atoms with Crippen LogP contribution in [-0.2, 0) is 36.9 Å². The highest BCUT2D eigenvalue weighted by Crippen LogP contribution is 2.20. The van der Waals surface area contributed by atoms with Crippen molar-refractivity contribution in [2.75, 3.05) is 59.6 Å². The molecule has 0 saturated carbocycles. The van der Waals surface area contributed by atoms with E-state index in [1.165, 1.54) is 11.8 Å². The highest BCUT2D eigenvalue weighted by molar-refractivity contribution is 7.99. The van der Waals surface area contributed by atoms with Crippen molar-refractivity contribution in [1.82, 2.24) is 15.3 Å². The summed E-state index contributed by atoms with van der Waals surface area (Å²) < 4.78 is 26.5. The molecule has 0 radical (unpaired) electrons. The van der Waals surface area contributed by atoms with E-state index in [1.54, 1.807) is 14.2 Å². The number of ether oxygens (including phenoxy) is 5. The lowest BCUT2D eigenvalue weighted by atomic mass is 10.2. The number of nitrogens with one attached hydrogen (secondary N) is 2. The average Bonchev–Trinajstić information content (AvgIpc) is 2.87. The second-order valence-corrected chi connectivity index (χ2v) is 8.45. The average molecular weight is 510 g/mol. The van der Waals surface area contributed by atoms with Gasteiger partial charge >= 0.3 is 5.69 Å². The molecule has 0 aliphatic heterocycles. The molecule has 11 heteroatoms. The summed E-state index contributed by atoms with van der Waals surface area (Å²) in [6.07, 6.45) is 0.725. The van der Waals surface area contributed by atoms with E-state index >= 15 is 0 Å². The van der Waals surface area contributed by atoms with Crippen molar-refractivity contribution >= 4 is 17.7 Å². The Bertz CT molecular complexity index is 938. The number of methoxy groups -OCH3 is 2. The van der Waals surface area contributed by atoms with E-state index in [9.17, 15) is 9.59 Å². The van der Waals surface area contributed by atoms with Crippen LogP contribution in [-0.4, -0.2) is 75.5 Å². The largest absolute Gasteiger partial charge is 0.497 e. The molecule has 0 spiro atoms. The first kappa shape index (κ1) is 28.8. The van der Waals surface area contributed by atoms with Gasteiger partial charge in [-0.2, -0.15) is 4.98 Å². The van der Waals surface area contributed by atoms with Crippen LogP contribution in [0.5, 0.6) is 5.75 Å². The molecule has 0 saturated heterocycles. The highest BCUT2D eigenvalue weighted by atomic mass is 32.2. The van der Waals surface area contributed by atoms with Crippen LogP contribution >= 0.6 is 11.8 Å². The summed E-state index contributed by atoms with van der Waals surface area (Å²) >= 11 is 1.23. The van der Waals surface area contributed by atoms with Gasteiger partial charge in [0.1, 0.15) is 10.8 Å². The van der Waals surface area contributed by atoms with Gasteiger partial charge in [0, 0.05) is 32.4 Å². The van der Waals surface area contributed by atoms with Crippen LogP contribution in [0.25, 0.3) is 0 Å². The Morgan fingerprint density at radius 3 is 2.40 bits per heavy atom. The lowest BCUT2D eigenvalue weighted by Crippen LogP contribution is -2.25. The fourth-order valence-electron chi connectivity index (χ4n) is 2.87. The van der Waals surface area contributed by atoms with Crippen LogP contribution in [0.4, 0.5) is 0 Å². The molecule has 0 bridgehead atoms. The molecule has 2 N–H and O–H groups in total. The van der Waals surface area contributed by atoms with E-state index in [2.05, 4.69) is 15.3 Å². The van der Waals surface area contributed by atoms with Crippen molar-refractivity contribution in [3.63, 3.8) is 0 Å². The standard InChI is InChI=1S/C24H35N3O7S/c1-18-21(16-34-10-4-9-32-13-14-33-12-11-30-2)26-24(29)27-23(18)35-17-22(28)25-15-19-5-7-20(31-3)8-6-19/h5-8H,4,9-17H2,1-3H3,(H,25,28)(H,26,27,29). The predicted molar refractivity (Wildman–Crippen MR) is 133 cm³/mol. The molecule has 1 aromatic heterocycles. The topological polar surface area (TPSA) is 121 Å². The summed E-state index contributed by atoms with van der Waals surface area (Å²) in [5.41, 5.74) is 1.95. The van der Waals surface area contributed by atoms with Crippen molar-refractivity contribution in [3.8, 4) is 5.75 Å². The van der Waals surface area contributed by atoms with Gasteiger partial charge in [0.15, 0.2) is 0 Å². The van der Waals surface area contributed by atoms with Crippen molar-refractivity contribution in [2.45, 2.75) is 31.5 Å². The molecule has 0 fully saturated rings. The number of H-pyrrole nitrogens is 1. The summed E-state index contributed by atoms with van der Waals surface area (Å²) in [4.78, 5) is 31.0. The first-order valence-electron chi connectivity index (χ1n) is 11.4. The van der Waals surface area contributed by atoms with Crippen molar-refractivity contribution in [1.29, 1.82) is 0 Å². The van der Waals surface area contributed by atoms with Crippen LogP contribution in [0.1, 0.15) is 23.2 Å². The number of carbonyl (C=O) groups is 1. The minimum absolute atomic E-state index is 0.144. The molecule has 2 aromatic rings. The minimum atomic E-state index is -0.466. The number of hydrogen-bond donors (Lipinski definition) is 2. The molecule has 0 unspecified atom stereocenters. The molecule has 2 rings (SSSR count). The third kappa shape index (κ3) is 11.7. The highest BCUT2D eigenvalue weighted by Gasteiger charge is 2.12. The summed E-state index contributed by atoms with van der Waals surface area (Å²) in [5.74, 6) is 0.772. The monoisotopic (exact) mass is 509 g/mol. The smallest absolute Gasteiger partial charge is 0.346 e. The van der Waals surface area contributed by atoms with Gasteiger partial charge in [-0.05, 0) is 31.0 Å². The Balaban J connectivity index is 1.68. The maximum absolute atomic E-state index is 12.3. The van der Waals surface area contributed by atoms with Crippen molar-refractivity contribution < 1.29 is 28.5 Å². The Labute approximate surface area is 210 Å². The quantitative estimate of drug-likeness (QED) is 0.177. The van der Waals surface area contributed by atoms with E-state index in [4.69, 9.17) is 23.7 Å². The number of aromatic nitrogens is 2. The number of benzene rings is 1. The van der Waals surface area contributed by atoms with Gasteiger partial charge in [-0.3, -0.25) is 4.79 Å². The fraction of sp³-hybridized carbons (Fsp3) is 0.542. The predicted octanol–water partition coefficient (Wildman–Crippen LogP) is 2.08.